The standard InChI is InChI=1S/C18H15F3N4O/c19-18(20,21)15(26)10-25-6-2-3-11(9-25)13-7-23-17-16(13)12-4-1-5-22-14(12)8-24-17/h1,3-5,7-8,22H,2,6,9-10H2. The Morgan fingerprint density at radius 1 is 1.27 bits per heavy atom. The van der Waals surface area contributed by atoms with Crippen LogP contribution >= 0.6 is 0 Å². The molecule has 0 fully saturated rings. The highest BCUT2D eigenvalue weighted by Crippen LogP contribution is 2.32. The third kappa shape index (κ3) is 2.96. The van der Waals surface area contributed by atoms with Crippen molar-refractivity contribution in [1.29, 1.82) is 0 Å². The second kappa shape index (κ2) is 6.21. The van der Waals surface area contributed by atoms with Gasteiger partial charge in [0.2, 0.25) is 5.78 Å². The molecule has 8 heteroatoms. The fourth-order valence-electron chi connectivity index (χ4n) is 3.31. The van der Waals surface area contributed by atoms with E-state index >= 15 is 0 Å². The number of alkyl halides is 3. The van der Waals surface area contributed by atoms with E-state index in [9.17, 15) is 18.0 Å². The lowest BCUT2D eigenvalue weighted by Gasteiger charge is -2.26. The van der Waals surface area contributed by atoms with E-state index in [4.69, 9.17) is 0 Å². The number of halogens is 3. The Labute approximate surface area is 146 Å². The number of hydrogen-bond acceptors (Lipinski definition) is 4. The lowest BCUT2D eigenvalue weighted by atomic mass is 9.99. The molecule has 134 valence electrons. The number of aromatic amines is 1. The van der Waals surface area contributed by atoms with E-state index < -0.39 is 18.5 Å². The molecule has 0 saturated carbocycles. The summed E-state index contributed by atoms with van der Waals surface area (Å²) in [6.07, 6.45) is 2.99. The van der Waals surface area contributed by atoms with E-state index in [1.807, 2.05) is 18.2 Å². The molecule has 0 saturated heterocycles. The molecule has 1 aliphatic rings. The number of fused-ring (bicyclic) bond motifs is 3. The minimum Gasteiger partial charge on any atom is -0.360 e. The summed E-state index contributed by atoms with van der Waals surface area (Å²) in [5.41, 5.74) is 3.17. The lowest BCUT2D eigenvalue weighted by Crippen LogP contribution is -2.39. The Bertz CT molecular complexity index is 1020. The van der Waals surface area contributed by atoms with Crippen molar-refractivity contribution in [3.63, 3.8) is 0 Å². The molecular formula is C18H15F3N4O. The average Bonchev–Trinajstić information content (AvgIpc) is 3.06. The molecule has 4 rings (SSSR count). The van der Waals surface area contributed by atoms with Crippen molar-refractivity contribution in [2.75, 3.05) is 19.6 Å². The van der Waals surface area contributed by atoms with Crippen LogP contribution in [0.4, 0.5) is 13.2 Å². The van der Waals surface area contributed by atoms with Crippen molar-refractivity contribution in [3.8, 4) is 0 Å². The number of rotatable bonds is 3. The van der Waals surface area contributed by atoms with Crippen molar-refractivity contribution >= 4 is 33.3 Å². The number of carbonyl (C=O) groups is 1. The number of nitrogens with one attached hydrogen (secondary N) is 1. The Kier molecular flexibility index (Phi) is 3.99. The van der Waals surface area contributed by atoms with Gasteiger partial charge in [0.1, 0.15) is 0 Å². The number of aromatic nitrogens is 3. The highest BCUT2D eigenvalue weighted by Gasteiger charge is 2.39. The second-order valence-corrected chi connectivity index (χ2v) is 6.28. The lowest BCUT2D eigenvalue weighted by molar-refractivity contribution is -0.172. The van der Waals surface area contributed by atoms with Crippen LogP contribution < -0.4 is 0 Å². The molecule has 0 radical (unpaired) electrons. The Morgan fingerprint density at radius 3 is 2.88 bits per heavy atom. The van der Waals surface area contributed by atoms with E-state index in [0.717, 1.165) is 27.4 Å². The van der Waals surface area contributed by atoms with Crippen LogP contribution in [0.2, 0.25) is 0 Å². The molecule has 0 amide bonds. The van der Waals surface area contributed by atoms with Gasteiger partial charge >= 0.3 is 6.18 Å². The molecule has 5 nitrogen and oxygen atoms in total. The zero-order valence-electron chi connectivity index (χ0n) is 13.7. The number of pyridine rings is 2. The van der Waals surface area contributed by atoms with Crippen molar-refractivity contribution < 1.29 is 18.0 Å². The van der Waals surface area contributed by atoms with Gasteiger partial charge in [-0.05, 0) is 18.1 Å². The van der Waals surface area contributed by atoms with E-state index in [1.165, 1.54) is 4.90 Å². The first-order valence-corrected chi connectivity index (χ1v) is 8.16. The highest BCUT2D eigenvalue weighted by atomic mass is 19.4. The van der Waals surface area contributed by atoms with Crippen molar-refractivity contribution in [2.45, 2.75) is 12.6 Å². The van der Waals surface area contributed by atoms with Crippen LogP contribution in [0.25, 0.3) is 27.5 Å². The van der Waals surface area contributed by atoms with Crippen LogP contribution in [0.3, 0.4) is 0 Å². The summed E-state index contributed by atoms with van der Waals surface area (Å²) in [6.45, 7) is 0.0688. The molecule has 1 aliphatic heterocycles. The number of H-pyrrole nitrogens is 1. The zero-order valence-corrected chi connectivity index (χ0v) is 13.7. The van der Waals surface area contributed by atoms with E-state index in [2.05, 4.69) is 15.0 Å². The molecule has 0 aliphatic carbocycles. The van der Waals surface area contributed by atoms with Gasteiger partial charge in [0, 0.05) is 41.8 Å². The van der Waals surface area contributed by atoms with E-state index in [0.29, 0.717) is 18.6 Å². The van der Waals surface area contributed by atoms with E-state index in [1.54, 1.807) is 18.6 Å². The summed E-state index contributed by atoms with van der Waals surface area (Å²) in [5, 5.41) is 1.82. The summed E-state index contributed by atoms with van der Waals surface area (Å²) in [7, 11) is 0. The summed E-state index contributed by atoms with van der Waals surface area (Å²) in [4.78, 5) is 24.6. The van der Waals surface area contributed by atoms with Crippen molar-refractivity contribution in [1.82, 2.24) is 19.9 Å². The number of carbonyl (C=O) groups excluding carboxylic acids is 1. The first kappa shape index (κ1) is 16.7. The van der Waals surface area contributed by atoms with Gasteiger partial charge in [0.15, 0.2) is 5.65 Å². The fraction of sp³-hybridized carbons (Fsp3) is 0.278. The molecule has 4 heterocycles. The minimum absolute atomic E-state index is 0.273. The van der Waals surface area contributed by atoms with Crippen LogP contribution in [-0.2, 0) is 4.79 Å². The number of Topliss-reactive ketones (excluding diaryl/α,β-unsaturated/α-hetero) is 1. The fourth-order valence-corrected chi connectivity index (χ4v) is 3.31. The summed E-state index contributed by atoms with van der Waals surface area (Å²) in [6, 6.07) is 3.83. The normalized spacial score (nSPS) is 16.2. The quantitative estimate of drug-likeness (QED) is 0.778. The summed E-state index contributed by atoms with van der Waals surface area (Å²) >= 11 is 0. The maximum absolute atomic E-state index is 12.5. The van der Waals surface area contributed by atoms with Gasteiger partial charge in [-0.3, -0.25) is 9.69 Å². The summed E-state index contributed by atoms with van der Waals surface area (Å²) < 4.78 is 37.6. The van der Waals surface area contributed by atoms with Crippen LogP contribution in [-0.4, -0.2) is 51.4 Å². The Hall–Kier alpha value is -2.74. The van der Waals surface area contributed by atoms with Crippen LogP contribution in [0.5, 0.6) is 0 Å². The predicted octanol–water partition coefficient (Wildman–Crippen LogP) is 3.33. The number of ketones is 1. The monoisotopic (exact) mass is 360 g/mol. The molecule has 0 spiro atoms. The van der Waals surface area contributed by atoms with Crippen LogP contribution in [0.1, 0.15) is 12.0 Å². The Balaban J connectivity index is 1.69. The molecule has 0 bridgehead atoms. The Morgan fingerprint density at radius 2 is 2.08 bits per heavy atom. The average molecular weight is 360 g/mol. The van der Waals surface area contributed by atoms with Gasteiger partial charge in [0.05, 0.1) is 18.3 Å². The van der Waals surface area contributed by atoms with E-state index in [-0.39, 0.29) is 6.54 Å². The maximum Gasteiger partial charge on any atom is 0.451 e. The van der Waals surface area contributed by atoms with Gasteiger partial charge in [-0.15, -0.1) is 0 Å². The molecule has 0 unspecified atom stereocenters. The zero-order chi connectivity index (χ0) is 18.3. The molecule has 1 N–H and O–H groups in total. The van der Waals surface area contributed by atoms with Gasteiger partial charge in [-0.25, -0.2) is 9.97 Å². The van der Waals surface area contributed by atoms with Gasteiger partial charge in [-0.2, -0.15) is 13.2 Å². The third-order valence-electron chi connectivity index (χ3n) is 4.54. The smallest absolute Gasteiger partial charge is 0.360 e. The third-order valence-corrected chi connectivity index (χ3v) is 4.54. The first-order valence-electron chi connectivity index (χ1n) is 8.16. The first-order chi connectivity index (χ1) is 12.4. The number of hydrogen-bond donors (Lipinski definition) is 1. The van der Waals surface area contributed by atoms with Crippen LogP contribution in [0, 0.1) is 0 Å². The van der Waals surface area contributed by atoms with Gasteiger partial charge < -0.3 is 4.98 Å². The molecule has 3 aromatic rings. The van der Waals surface area contributed by atoms with Gasteiger partial charge in [-0.1, -0.05) is 12.1 Å². The second-order valence-electron chi connectivity index (χ2n) is 6.28. The molecule has 3 aromatic heterocycles. The van der Waals surface area contributed by atoms with Crippen LogP contribution in [0.15, 0.2) is 36.8 Å². The number of nitrogens with zero attached hydrogens (tertiary/aromatic N) is 3. The van der Waals surface area contributed by atoms with Gasteiger partial charge in [0.25, 0.3) is 0 Å². The van der Waals surface area contributed by atoms with Crippen molar-refractivity contribution in [2.24, 2.45) is 0 Å². The van der Waals surface area contributed by atoms with Crippen molar-refractivity contribution in [3.05, 3.63) is 42.4 Å². The molecular weight excluding hydrogens is 345 g/mol. The largest absolute Gasteiger partial charge is 0.451 e. The SMILES string of the molecule is O=C(CN1CCC=C(c2cnc3ncc4[nH]cccc4c23)C1)C(F)(F)F. The minimum atomic E-state index is -4.80. The highest BCUT2D eigenvalue weighted by molar-refractivity contribution is 6.08. The maximum atomic E-state index is 12.5. The molecule has 26 heavy (non-hydrogen) atoms. The topological polar surface area (TPSA) is 61.9 Å². The molecule has 0 atom stereocenters. The summed E-state index contributed by atoms with van der Waals surface area (Å²) in [5.74, 6) is -1.72. The predicted molar refractivity (Wildman–Crippen MR) is 91.5 cm³/mol. The molecule has 0 aromatic carbocycles.